The van der Waals surface area contributed by atoms with Crippen LogP contribution in [0.4, 0.5) is 24.7 Å². The molecule has 0 unspecified atom stereocenters. The van der Waals surface area contributed by atoms with Gasteiger partial charge >= 0.3 is 12.1 Å². The summed E-state index contributed by atoms with van der Waals surface area (Å²) in [5.41, 5.74) is 1.54. The zero-order chi connectivity index (χ0) is 23.4. The molecule has 0 radical (unpaired) electrons. The summed E-state index contributed by atoms with van der Waals surface area (Å²) in [5.74, 6) is -1.10. The van der Waals surface area contributed by atoms with Gasteiger partial charge in [-0.2, -0.15) is 13.2 Å². The SMILES string of the molecule is O=C(OCC(=O)N1CCc2ccccc2C1)c1cccnc1Nc1cccc(C(F)(F)F)c1. The quantitative estimate of drug-likeness (QED) is 0.570. The Hall–Kier alpha value is -3.88. The van der Waals surface area contributed by atoms with Crippen molar-refractivity contribution >= 4 is 23.4 Å². The monoisotopic (exact) mass is 455 g/mol. The number of halogens is 3. The first-order chi connectivity index (χ1) is 15.8. The molecule has 0 fully saturated rings. The number of rotatable bonds is 5. The molecular formula is C24H20F3N3O3. The fourth-order valence-electron chi connectivity index (χ4n) is 3.58. The number of carbonyl (C=O) groups excluding carboxylic acids is 2. The molecule has 1 aliphatic heterocycles. The Labute approximate surface area is 188 Å². The Balaban J connectivity index is 1.41. The van der Waals surface area contributed by atoms with Gasteiger partial charge in [-0.3, -0.25) is 4.79 Å². The Morgan fingerprint density at radius 1 is 1.03 bits per heavy atom. The van der Waals surface area contributed by atoms with Crippen molar-refractivity contribution < 1.29 is 27.5 Å². The molecule has 2 heterocycles. The lowest BCUT2D eigenvalue weighted by molar-refractivity contribution is -0.137. The van der Waals surface area contributed by atoms with E-state index in [0.29, 0.717) is 13.1 Å². The molecule has 2 aromatic carbocycles. The number of alkyl halides is 3. The van der Waals surface area contributed by atoms with Crippen molar-refractivity contribution in [3.05, 3.63) is 89.1 Å². The summed E-state index contributed by atoms with van der Waals surface area (Å²) in [6.45, 7) is 0.531. The summed E-state index contributed by atoms with van der Waals surface area (Å²) in [4.78, 5) is 30.8. The van der Waals surface area contributed by atoms with Gasteiger partial charge in [0.2, 0.25) is 0 Å². The molecule has 0 atom stereocenters. The lowest BCUT2D eigenvalue weighted by Gasteiger charge is -2.28. The largest absolute Gasteiger partial charge is 0.452 e. The second kappa shape index (κ2) is 9.32. The van der Waals surface area contributed by atoms with Crippen LogP contribution < -0.4 is 5.32 Å². The molecule has 4 rings (SSSR count). The molecule has 170 valence electrons. The molecule has 6 nitrogen and oxygen atoms in total. The van der Waals surface area contributed by atoms with E-state index in [4.69, 9.17) is 4.74 Å². The maximum absolute atomic E-state index is 13.0. The highest BCUT2D eigenvalue weighted by Crippen LogP contribution is 2.31. The average molecular weight is 455 g/mol. The third kappa shape index (κ3) is 5.31. The molecule has 1 amide bonds. The smallest absolute Gasteiger partial charge is 0.416 e. The van der Waals surface area contributed by atoms with Gasteiger partial charge in [0.05, 0.1) is 5.56 Å². The van der Waals surface area contributed by atoms with Gasteiger partial charge in [0.15, 0.2) is 6.61 Å². The van der Waals surface area contributed by atoms with Crippen LogP contribution in [-0.2, 0) is 28.7 Å². The van der Waals surface area contributed by atoms with E-state index in [1.54, 1.807) is 4.90 Å². The first-order valence-electron chi connectivity index (χ1n) is 10.2. The van der Waals surface area contributed by atoms with Crippen LogP contribution in [-0.4, -0.2) is 34.9 Å². The van der Waals surface area contributed by atoms with Crippen LogP contribution >= 0.6 is 0 Å². The first kappa shape index (κ1) is 22.3. The normalized spacial score (nSPS) is 13.2. The number of amides is 1. The van der Waals surface area contributed by atoms with Gasteiger partial charge in [0, 0.05) is 25.0 Å². The number of nitrogens with zero attached hydrogens (tertiary/aromatic N) is 2. The van der Waals surface area contributed by atoms with E-state index in [1.165, 1.54) is 36.0 Å². The third-order valence-corrected chi connectivity index (χ3v) is 5.29. The minimum Gasteiger partial charge on any atom is -0.452 e. The van der Waals surface area contributed by atoms with Gasteiger partial charge in [-0.1, -0.05) is 30.3 Å². The number of esters is 1. The van der Waals surface area contributed by atoms with Crippen molar-refractivity contribution in [1.29, 1.82) is 0 Å². The topological polar surface area (TPSA) is 71.5 Å². The Bertz CT molecular complexity index is 1180. The van der Waals surface area contributed by atoms with Crippen molar-refractivity contribution in [2.24, 2.45) is 0 Å². The number of ether oxygens (including phenoxy) is 1. The van der Waals surface area contributed by atoms with E-state index in [2.05, 4.69) is 10.3 Å². The standard InChI is InChI=1S/C24H20F3N3O3/c25-24(26,27)18-7-3-8-19(13-18)29-22-20(9-4-11-28-22)23(32)33-15-21(31)30-12-10-16-5-1-2-6-17(16)14-30/h1-9,11,13H,10,12,14-15H2,(H,28,29). The van der Waals surface area contributed by atoms with E-state index in [-0.39, 0.29) is 23.0 Å². The molecule has 0 saturated heterocycles. The number of hydrogen-bond acceptors (Lipinski definition) is 5. The van der Waals surface area contributed by atoms with Crippen LogP contribution in [0.1, 0.15) is 27.0 Å². The molecule has 3 aromatic rings. The minimum absolute atomic E-state index is 0.00621. The second-order valence-electron chi connectivity index (χ2n) is 7.51. The highest BCUT2D eigenvalue weighted by atomic mass is 19.4. The number of benzene rings is 2. The van der Waals surface area contributed by atoms with Crippen molar-refractivity contribution in [1.82, 2.24) is 9.88 Å². The van der Waals surface area contributed by atoms with Crippen LogP contribution in [0.3, 0.4) is 0 Å². The molecule has 1 aliphatic rings. The molecular weight excluding hydrogens is 435 g/mol. The number of hydrogen-bond donors (Lipinski definition) is 1. The number of nitrogens with one attached hydrogen (secondary N) is 1. The molecule has 0 spiro atoms. The highest BCUT2D eigenvalue weighted by molar-refractivity contribution is 5.96. The van der Waals surface area contributed by atoms with E-state index in [1.807, 2.05) is 24.3 Å². The number of pyridine rings is 1. The number of anilines is 2. The molecule has 0 bridgehead atoms. The summed E-state index contributed by atoms with van der Waals surface area (Å²) in [6, 6.07) is 15.3. The highest BCUT2D eigenvalue weighted by Gasteiger charge is 2.30. The maximum atomic E-state index is 13.0. The zero-order valence-electron chi connectivity index (χ0n) is 17.4. The molecule has 0 aliphatic carbocycles. The predicted octanol–water partition coefficient (Wildman–Crippen LogP) is 4.59. The summed E-state index contributed by atoms with van der Waals surface area (Å²) >= 11 is 0. The second-order valence-corrected chi connectivity index (χ2v) is 7.51. The van der Waals surface area contributed by atoms with Gasteiger partial charge in [-0.25, -0.2) is 9.78 Å². The Morgan fingerprint density at radius 2 is 1.82 bits per heavy atom. The number of carbonyl (C=O) groups is 2. The van der Waals surface area contributed by atoms with Gasteiger partial charge in [0.1, 0.15) is 11.4 Å². The first-order valence-corrected chi connectivity index (χ1v) is 10.2. The van der Waals surface area contributed by atoms with Crippen molar-refractivity contribution in [2.45, 2.75) is 19.1 Å². The van der Waals surface area contributed by atoms with E-state index < -0.39 is 24.3 Å². The fraction of sp³-hybridized carbons (Fsp3) is 0.208. The van der Waals surface area contributed by atoms with Crippen LogP contribution in [0, 0.1) is 0 Å². The molecule has 0 saturated carbocycles. The van der Waals surface area contributed by atoms with Crippen LogP contribution in [0.2, 0.25) is 0 Å². The molecule has 9 heteroatoms. The van der Waals surface area contributed by atoms with Gasteiger partial charge < -0.3 is 15.0 Å². The van der Waals surface area contributed by atoms with Crippen molar-refractivity contribution in [3.63, 3.8) is 0 Å². The summed E-state index contributed by atoms with van der Waals surface area (Å²) in [7, 11) is 0. The van der Waals surface area contributed by atoms with Crippen molar-refractivity contribution in [2.75, 3.05) is 18.5 Å². The summed E-state index contributed by atoms with van der Waals surface area (Å²) in [6.07, 6.45) is -2.38. The number of aromatic nitrogens is 1. The molecule has 33 heavy (non-hydrogen) atoms. The van der Waals surface area contributed by atoms with Gasteiger partial charge in [-0.15, -0.1) is 0 Å². The molecule has 1 N–H and O–H groups in total. The van der Waals surface area contributed by atoms with Crippen LogP contribution in [0.5, 0.6) is 0 Å². The minimum atomic E-state index is -4.50. The zero-order valence-corrected chi connectivity index (χ0v) is 17.4. The average Bonchev–Trinajstić information content (AvgIpc) is 2.82. The molecule has 1 aromatic heterocycles. The van der Waals surface area contributed by atoms with E-state index >= 15 is 0 Å². The van der Waals surface area contributed by atoms with E-state index in [0.717, 1.165) is 24.1 Å². The number of fused-ring (bicyclic) bond motifs is 1. The van der Waals surface area contributed by atoms with Crippen molar-refractivity contribution in [3.8, 4) is 0 Å². The van der Waals surface area contributed by atoms with Crippen LogP contribution in [0.25, 0.3) is 0 Å². The maximum Gasteiger partial charge on any atom is 0.416 e. The third-order valence-electron chi connectivity index (χ3n) is 5.29. The van der Waals surface area contributed by atoms with Gasteiger partial charge in [0.25, 0.3) is 5.91 Å². The Kier molecular flexibility index (Phi) is 6.30. The summed E-state index contributed by atoms with van der Waals surface area (Å²) < 4.78 is 44.1. The van der Waals surface area contributed by atoms with E-state index in [9.17, 15) is 22.8 Å². The van der Waals surface area contributed by atoms with Crippen LogP contribution in [0.15, 0.2) is 66.9 Å². The predicted molar refractivity (Wildman–Crippen MR) is 115 cm³/mol. The lowest BCUT2D eigenvalue weighted by Crippen LogP contribution is -2.38. The lowest BCUT2D eigenvalue weighted by atomic mass is 10.00. The summed E-state index contributed by atoms with van der Waals surface area (Å²) in [5, 5.41) is 2.72. The fourth-order valence-corrected chi connectivity index (χ4v) is 3.58. The Morgan fingerprint density at radius 3 is 2.61 bits per heavy atom. The van der Waals surface area contributed by atoms with Gasteiger partial charge in [-0.05, 0) is 47.9 Å².